The van der Waals surface area contributed by atoms with Crippen molar-refractivity contribution in [1.82, 2.24) is 10.6 Å². The molecule has 0 aliphatic carbocycles. The fourth-order valence-electron chi connectivity index (χ4n) is 1.72. The Labute approximate surface area is 121 Å². The quantitative estimate of drug-likeness (QED) is 0.667. The van der Waals surface area contributed by atoms with Crippen LogP contribution in [-0.2, 0) is 9.53 Å². The van der Waals surface area contributed by atoms with Crippen LogP contribution in [0.15, 0.2) is 0 Å². The van der Waals surface area contributed by atoms with Crippen LogP contribution in [0.3, 0.4) is 0 Å². The molecule has 0 rings (SSSR count). The fraction of sp³-hybridized carbons (Fsp3) is 0.857. The van der Waals surface area contributed by atoms with Crippen LogP contribution in [0.2, 0.25) is 0 Å². The maximum absolute atomic E-state index is 11.6. The number of carbonyl (C=O) groups is 2. The number of hydrogen-bond donors (Lipinski definition) is 3. The Morgan fingerprint density at radius 3 is 2.15 bits per heavy atom. The third-order valence-electron chi connectivity index (χ3n) is 2.50. The molecule has 6 heteroatoms. The van der Waals surface area contributed by atoms with E-state index in [4.69, 9.17) is 9.84 Å². The average molecular weight is 288 g/mol. The number of carbonyl (C=O) groups excluding carboxylic acids is 1. The number of ether oxygens (including phenoxy) is 1. The summed E-state index contributed by atoms with van der Waals surface area (Å²) in [7, 11) is 0. The number of alkyl carbamates (subject to hydrolysis) is 1. The smallest absolute Gasteiger partial charge is 0.407 e. The molecule has 0 spiro atoms. The first-order chi connectivity index (χ1) is 9.01. The lowest BCUT2D eigenvalue weighted by molar-refractivity contribution is -0.139. The number of carboxylic acids is 1. The van der Waals surface area contributed by atoms with Gasteiger partial charge < -0.3 is 20.5 Å². The molecule has 0 aromatic carbocycles. The van der Waals surface area contributed by atoms with Crippen molar-refractivity contribution in [2.45, 2.75) is 65.6 Å². The van der Waals surface area contributed by atoms with Gasteiger partial charge in [-0.1, -0.05) is 13.8 Å². The molecule has 118 valence electrons. The van der Waals surface area contributed by atoms with Crippen LogP contribution in [0.4, 0.5) is 4.79 Å². The first-order valence-corrected chi connectivity index (χ1v) is 6.97. The van der Waals surface area contributed by atoms with Gasteiger partial charge in [-0.2, -0.15) is 0 Å². The zero-order valence-corrected chi connectivity index (χ0v) is 13.3. The van der Waals surface area contributed by atoms with Crippen molar-refractivity contribution in [3.8, 4) is 0 Å². The number of amides is 1. The van der Waals surface area contributed by atoms with Gasteiger partial charge >= 0.3 is 12.1 Å². The predicted molar refractivity (Wildman–Crippen MR) is 77.7 cm³/mol. The summed E-state index contributed by atoms with van der Waals surface area (Å²) in [4.78, 5) is 22.5. The molecule has 6 nitrogen and oxygen atoms in total. The lowest BCUT2D eigenvalue weighted by atomic mass is 10.0. The molecule has 0 bridgehead atoms. The van der Waals surface area contributed by atoms with E-state index < -0.39 is 23.7 Å². The summed E-state index contributed by atoms with van der Waals surface area (Å²) in [5.41, 5.74) is -0.542. The molecule has 2 unspecified atom stereocenters. The number of aliphatic carboxylic acids is 1. The number of rotatable bonds is 7. The van der Waals surface area contributed by atoms with Gasteiger partial charge in [-0.3, -0.25) is 4.79 Å². The molecule has 3 N–H and O–H groups in total. The van der Waals surface area contributed by atoms with E-state index in [0.29, 0.717) is 12.5 Å². The van der Waals surface area contributed by atoms with Crippen molar-refractivity contribution in [1.29, 1.82) is 0 Å². The number of carboxylic acid groups (broad SMARTS) is 1. The molecule has 0 heterocycles. The zero-order chi connectivity index (χ0) is 15.9. The molecular weight excluding hydrogens is 260 g/mol. The topological polar surface area (TPSA) is 87.7 Å². The summed E-state index contributed by atoms with van der Waals surface area (Å²) in [6, 6.07) is -0.757. The highest BCUT2D eigenvalue weighted by atomic mass is 16.6. The van der Waals surface area contributed by atoms with Gasteiger partial charge in [-0.15, -0.1) is 0 Å². The molecule has 0 aromatic rings. The van der Waals surface area contributed by atoms with Gasteiger partial charge in [-0.25, -0.2) is 4.79 Å². The molecule has 0 aliphatic heterocycles. The Morgan fingerprint density at radius 1 is 1.20 bits per heavy atom. The van der Waals surface area contributed by atoms with Crippen LogP contribution in [0.5, 0.6) is 0 Å². The Hall–Kier alpha value is -1.30. The molecule has 0 aliphatic rings. The highest BCUT2D eigenvalue weighted by Crippen LogP contribution is 2.08. The summed E-state index contributed by atoms with van der Waals surface area (Å²) < 4.78 is 5.15. The molecule has 0 fully saturated rings. The minimum atomic E-state index is -0.906. The molecule has 0 saturated heterocycles. The largest absolute Gasteiger partial charge is 0.480 e. The van der Waals surface area contributed by atoms with E-state index in [1.165, 1.54) is 0 Å². The summed E-state index contributed by atoms with van der Waals surface area (Å²) in [5, 5.41) is 14.6. The van der Waals surface area contributed by atoms with E-state index in [2.05, 4.69) is 10.6 Å². The lowest BCUT2D eigenvalue weighted by Gasteiger charge is -2.25. The van der Waals surface area contributed by atoms with E-state index in [-0.39, 0.29) is 6.04 Å². The third kappa shape index (κ3) is 9.61. The molecule has 20 heavy (non-hydrogen) atoms. The summed E-state index contributed by atoms with van der Waals surface area (Å²) >= 11 is 0. The summed E-state index contributed by atoms with van der Waals surface area (Å²) in [6.45, 7) is 11.4. The zero-order valence-electron chi connectivity index (χ0n) is 13.3. The van der Waals surface area contributed by atoms with Crippen LogP contribution in [0, 0.1) is 5.92 Å². The average Bonchev–Trinajstić information content (AvgIpc) is 2.22. The highest BCUT2D eigenvalue weighted by Gasteiger charge is 2.20. The Balaban J connectivity index is 4.36. The van der Waals surface area contributed by atoms with Gasteiger partial charge in [0.25, 0.3) is 0 Å². The van der Waals surface area contributed by atoms with Crippen molar-refractivity contribution in [3.63, 3.8) is 0 Å². The second kappa shape index (κ2) is 8.09. The Bertz CT molecular complexity index is 324. The van der Waals surface area contributed by atoms with E-state index >= 15 is 0 Å². The fourth-order valence-corrected chi connectivity index (χ4v) is 1.72. The Kier molecular flexibility index (Phi) is 7.57. The lowest BCUT2D eigenvalue weighted by Crippen LogP contribution is -2.48. The monoisotopic (exact) mass is 288 g/mol. The molecular formula is C14H28N2O4. The van der Waals surface area contributed by atoms with Crippen molar-refractivity contribution in [3.05, 3.63) is 0 Å². The molecule has 0 saturated carbocycles. The highest BCUT2D eigenvalue weighted by molar-refractivity contribution is 5.73. The maximum Gasteiger partial charge on any atom is 0.407 e. The third-order valence-corrected chi connectivity index (χ3v) is 2.50. The minimum Gasteiger partial charge on any atom is -0.480 e. The van der Waals surface area contributed by atoms with Crippen molar-refractivity contribution < 1.29 is 19.4 Å². The van der Waals surface area contributed by atoms with Gasteiger partial charge in [0.1, 0.15) is 11.6 Å². The predicted octanol–water partition coefficient (Wildman–Crippen LogP) is 1.99. The molecule has 1 amide bonds. The van der Waals surface area contributed by atoms with Crippen LogP contribution in [-0.4, -0.2) is 41.4 Å². The van der Waals surface area contributed by atoms with Gasteiger partial charge in [0.15, 0.2) is 0 Å². The van der Waals surface area contributed by atoms with E-state index in [1.807, 2.05) is 13.8 Å². The van der Waals surface area contributed by atoms with E-state index in [9.17, 15) is 9.59 Å². The maximum atomic E-state index is 11.6. The normalized spacial score (nSPS) is 14.8. The van der Waals surface area contributed by atoms with Crippen molar-refractivity contribution >= 4 is 12.1 Å². The second-order valence-corrected chi connectivity index (χ2v) is 6.44. The van der Waals surface area contributed by atoms with E-state index in [1.54, 1.807) is 27.7 Å². The van der Waals surface area contributed by atoms with Gasteiger partial charge in [-0.05, 0) is 40.0 Å². The number of hydrogen-bond acceptors (Lipinski definition) is 4. The first kappa shape index (κ1) is 18.7. The van der Waals surface area contributed by atoms with Crippen molar-refractivity contribution in [2.75, 3.05) is 6.54 Å². The minimum absolute atomic E-state index is 0.103. The van der Waals surface area contributed by atoms with Crippen LogP contribution in [0.1, 0.15) is 48.0 Å². The summed E-state index contributed by atoms with van der Waals surface area (Å²) in [6.07, 6.45) is 0.281. The Morgan fingerprint density at radius 2 is 1.75 bits per heavy atom. The van der Waals surface area contributed by atoms with Gasteiger partial charge in [0, 0.05) is 12.6 Å². The first-order valence-electron chi connectivity index (χ1n) is 6.97. The van der Waals surface area contributed by atoms with Crippen molar-refractivity contribution in [2.24, 2.45) is 5.92 Å². The standard InChI is InChI=1S/C14H28N2O4/c1-9(2)7-11(16-10(3)12(17)18)8-15-13(19)20-14(4,5)6/h9-11,16H,7-8H2,1-6H3,(H,15,19)(H,17,18). The molecule has 2 atom stereocenters. The van der Waals surface area contributed by atoms with Gasteiger partial charge in [0.2, 0.25) is 0 Å². The SMILES string of the molecule is CC(C)CC(CNC(=O)OC(C)(C)C)NC(C)C(=O)O. The molecule has 0 radical (unpaired) electrons. The van der Waals surface area contributed by atoms with Crippen LogP contribution >= 0.6 is 0 Å². The summed E-state index contributed by atoms with van der Waals surface area (Å²) in [5.74, 6) is -0.509. The van der Waals surface area contributed by atoms with Crippen LogP contribution in [0.25, 0.3) is 0 Å². The second-order valence-electron chi connectivity index (χ2n) is 6.44. The molecule has 0 aromatic heterocycles. The van der Waals surface area contributed by atoms with Gasteiger partial charge in [0.05, 0.1) is 0 Å². The van der Waals surface area contributed by atoms with Crippen LogP contribution < -0.4 is 10.6 Å². The number of nitrogens with one attached hydrogen (secondary N) is 2. The van der Waals surface area contributed by atoms with E-state index in [0.717, 1.165) is 6.42 Å².